The second kappa shape index (κ2) is 9.63. The Morgan fingerprint density at radius 2 is 2.12 bits per heavy atom. The van der Waals surface area contributed by atoms with Crippen LogP contribution < -0.4 is 19.9 Å². The molecule has 0 aliphatic carbocycles. The van der Waals surface area contributed by atoms with E-state index in [2.05, 4.69) is 5.32 Å². The topological polar surface area (TPSA) is 58.0 Å². The average molecular weight is 460 g/mol. The van der Waals surface area contributed by atoms with Crippen LogP contribution in [0.25, 0.3) is 0 Å². The van der Waals surface area contributed by atoms with Crippen molar-refractivity contribution in [2.75, 3.05) is 37.0 Å². The first kappa shape index (κ1) is 22.2. The van der Waals surface area contributed by atoms with Gasteiger partial charge in [-0.2, -0.15) is 0 Å². The Morgan fingerprint density at radius 3 is 2.84 bits per heavy atom. The molecule has 0 radical (unpaired) electrons. The Balaban J connectivity index is 0.00000306. The van der Waals surface area contributed by atoms with E-state index in [1.54, 1.807) is 43.4 Å². The highest BCUT2D eigenvalue weighted by atomic mass is 35.5. The lowest BCUT2D eigenvalue weighted by atomic mass is 10.2. The van der Waals surface area contributed by atoms with Crippen LogP contribution >= 0.6 is 11.6 Å². The quantitative estimate of drug-likeness (QED) is 0.540. The molecule has 1 aliphatic heterocycles. The number of halogens is 2. The summed E-state index contributed by atoms with van der Waals surface area (Å²) in [5.74, 6) is 0.428. The molecule has 1 saturated heterocycles. The fourth-order valence-corrected chi connectivity index (χ4v) is 3.93. The number of benzene rings is 2. The van der Waals surface area contributed by atoms with E-state index < -0.39 is 0 Å². The van der Waals surface area contributed by atoms with Gasteiger partial charge in [-0.15, -0.1) is 0 Å². The fraction of sp³-hybridized carbons (Fsp3) is 0.292. The van der Waals surface area contributed by atoms with Crippen molar-refractivity contribution in [1.82, 2.24) is 5.32 Å². The van der Waals surface area contributed by atoms with Crippen molar-refractivity contribution in [3.05, 3.63) is 77.0 Å². The van der Waals surface area contributed by atoms with Gasteiger partial charge in [0.1, 0.15) is 23.9 Å². The van der Waals surface area contributed by atoms with E-state index in [0.29, 0.717) is 33.9 Å². The van der Waals surface area contributed by atoms with Gasteiger partial charge in [0.05, 0.1) is 10.7 Å². The number of rotatable bonds is 7. The van der Waals surface area contributed by atoms with Gasteiger partial charge >= 0.3 is 0 Å². The summed E-state index contributed by atoms with van der Waals surface area (Å²) in [6.07, 6.45) is 0.969. The normalized spacial score (nSPS) is 15.8. The summed E-state index contributed by atoms with van der Waals surface area (Å²) in [5, 5.41) is 3.72. The second-order valence-electron chi connectivity index (χ2n) is 7.71. The summed E-state index contributed by atoms with van der Waals surface area (Å²) in [6, 6.07) is 15.6. The number of anilines is 2. The summed E-state index contributed by atoms with van der Waals surface area (Å²) < 4.78 is 26.1. The third-order valence-corrected chi connectivity index (χ3v) is 5.95. The zero-order valence-electron chi connectivity index (χ0n) is 18.0. The summed E-state index contributed by atoms with van der Waals surface area (Å²) in [7, 11) is 3.50. The molecule has 1 aromatic heterocycles. The highest BCUT2D eigenvalue weighted by Crippen LogP contribution is 2.28. The van der Waals surface area contributed by atoms with Crippen LogP contribution in [0.3, 0.4) is 0 Å². The molecule has 170 valence electrons. The number of carbonyl (C=O) groups is 1. The molecule has 1 aliphatic rings. The van der Waals surface area contributed by atoms with E-state index in [0.717, 1.165) is 19.5 Å². The molecule has 0 bridgehead atoms. The van der Waals surface area contributed by atoms with Crippen LogP contribution in [0.5, 0.6) is 5.75 Å². The van der Waals surface area contributed by atoms with Gasteiger partial charge in [0, 0.05) is 33.3 Å². The van der Waals surface area contributed by atoms with Gasteiger partial charge in [-0.3, -0.25) is 4.79 Å². The lowest BCUT2D eigenvalue weighted by Gasteiger charge is -2.22. The molecule has 1 amide bonds. The Morgan fingerprint density at radius 1 is 1.31 bits per heavy atom. The van der Waals surface area contributed by atoms with Gasteiger partial charge in [-0.05, 0) is 55.9 Å². The monoisotopic (exact) mass is 459 g/mol. The van der Waals surface area contributed by atoms with Gasteiger partial charge in [0.2, 0.25) is 0 Å². The van der Waals surface area contributed by atoms with Crippen LogP contribution in [-0.2, 0) is 6.61 Å². The Kier molecular flexibility index (Phi) is 6.67. The van der Waals surface area contributed by atoms with Crippen molar-refractivity contribution < 1.29 is 19.8 Å². The maximum Gasteiger partial charge on any atom is 0.293 e. The number of hydrogen-bond donors (Lipinski definition) is 1. The first-order chi connectivity index (χ1) is 15.5. The molecule has 3 aromatic rings. The molecule has 1 N–H and O–H groups in total. The van der Waals surface area contributed by atoms with Gasteiger partial charge < -0.3 is 24.3 Å². The van der Waals surface area contributed by atoms with Crippen molar-refractivity contribution in [2.45, 2.75) is 19.1 Å². The van der Waals surface area contributed by atoms with Gasteiger partial charge in [-0.25, -0.2) is 4.39 Å². The molecular formula is C24H27ClFN3O3. The molecule has 2 aromatic carbocycles. The predicted octanol–water partition coefficient (Wildman–Crippen LogP) is 4.97. The predicted molar refractivity (Wildman–Crippen MR) is 125 cm³/mol. The molecule has 1 atom stereocenters. The molecule has 1 unspecified atom stereocenters. The number of nitrogens with one attached hydrogen (secondary N) is 1. The zero-order valence-corrected chi connectivity index (χ0v) is 18.7. The lowest BCUT2D eigenvalue weighted by Crippen LogP contribution is -2.30. The number of amides is 1. The molecule has 0 saturated carbocycles. The smallest absolute Gasteiger partial charge is 0.293 e. The third kappa shape index (κ3) is 4.74. The Labute approximate surface area is 193 Å². The van der Waals surface area contributed by atoms with Gasteiger partial charge in [0.15, 0.2) is 5.76 Å². The standard InChI is InChI=1S/C24H25ClFN3O3.H2/c1-27-16-11-12-29(14-16)21-9-7-17(13-20(21)26)28(2)24(30)23-10-8-18(32-23)15-31-22-6-4-3-5-19(22)25;/h3-10,13,16,27H,11-12,14-15H2,1-2H3;1H. The molecule has 32 heavy (non-hydrogen) atoms. The molecule has 6 nitrogen and oxygen atoms in total. The number of ether oxygens (including phenoxy) is 1. The van der Waals surface area contributed by atoms with Crippen LogP contribution in [0.15, 0.2) is 59.0 Å². The number of nitrogens with zero attached hydrogens (tertiary/aromatic N) is 2. The summed E-state index contributed by atoms with van der Waals surface area (Å²) in [5.41, 5.74) is 0.996. The molecule has 1 fully saturated rings. The number of hydrogen-bond acceptors (Lipinski definition) is 5. The Hall–Kier alpha value is -3.03. The fourth-order valence-electron chi connectivity index (χ4n) is 3.74. The van der Waals surface area contributed by atoms with Crippen LogP contribution in [-0.4, -0.2) is 39.1 Å². The van der Waals surface area contributed by atoms with E-state index in [9.17, 15) is 9.18 Å². The van der Waals surface area contributed by atoms with E-state index in [-0.39, 0.29) is 25.5 Å². The SMILES string of the molecule is CNC1CCN(c2ccc(N(C)C(=O)c3ccc(COc4ccccc4Cl)o3)cc2F)C1.[HH]. The molecule has 4 rings (SSSR count). The number of likely N-dealkylation sites (N-methyl/N-ethyl adjacent to an activating group) is 1. The highest BCUT2D eigenvalue weighted by molar-refractivity contribution is 6.32. The van der Waals surface area contributed by atoms with Crippen LogP contribution in [0.2, 0.25) is 5.02 Å². The maximum absolute atomic E-state index is 14.8. The van der Waals surface area contributed by atoms with Crippen molar-refractivity contribution in [3.8, 4) is 5.75 Å². The van der Waals surface area contributed by atoms with Crippen molar-refractivity contribution in [3.63, 3.8) is 0 Å². The van der Waals surface area contributed by atoms with Crippen LogP contribution in [0.1, 0.15) is 24.2 Å². The number of furan rings is 1. The number of para-hydroxylation sites is 1. The number of carbonyl (C=O) groups excluding carboxylic acids is 1. The molecule has 8 heteroatoms. The minimum absolute atomic E-state index is 0. The maximum atomic E-state index is 14.8. The highest BCUT2D eigenvalue weighted by Gasteiger charge is 2.24. The minimum Gasteiger partial charge on any atom is -0.484 e. The van der Waals surface area contributed by atoms with E-state index >= 15 is 0 Å². The Bertz CT molecular complexity index is 1110. The summed E-state index contributed by atoms with van der Waals surface area (Å²) in [6.45, 7) is 1.68. The van der Waals surface area contributed by atoms with Crippen molar-refractivity contribution >= 4 is 28.9 Å². The summed E-state index contributed by atoms with van der Waals surface area (Å²) in [4.78, 5) is 16.2. The minimum atomic E-state index is -0.377. The zero-order chi connectivity index (χ0) is 22.7. The van der Waals surface area contributed by atoms with Gasteiger partial charge in [-0.1, -0.05) is 23.7 Å². The first-order valence-corrected chi connectivity index (χ1v) is 10.8. The van der Waals surface area contributed by atoms with E-state index in [1.807, 2.05) is 24.1 Å². The second-order valence-corrected chi connectivity index (χ2v) is 8.11. The van der Waals surface area contributed by atoms with Crippen LogP contribution in [0.4, 0.5) is 15.8 Å². The third-order valence-electron chi connectivity index (χ3n) is 5.64. The largest absolute Gasteiger partial charge is 0.484 e. The van der Waals surface area contributed by atoms with Crippen molar-refractivity contribution in [1.29, 1.82) is 0 Å². The van der Waals surface area contributed by atoms with E-state index in [1.165, 1.54) is 11.0 Å². The van der Waals surface area contributed by atoms with Crippen LogP contribution in [0, 0.1) is 5.82 Å². The molecule has 2 heterocycles. The summed E-state index contributed by atoms with van der Waals surface area (Å²) >= 11 is 6.08. The van der Waals surface area contributed by atoms with Gasteiger partial charge in [0.25, 0.3) is 5.91 Å². The lowest BCUT2D eigenvalue weighted by molar-refractivity contribution is 0.0962. The van der Waals surface area contributed by atoms with Crippen molar-refractivity contribution in [2.24, 2.45) is 0 Å². The average Bonchev–Trinajstić information content (AvgIpc) is 3.47. The van der Waals surface area contributed by atoms with E-state index in [4.69, 9.17) is 20.8 Å². The molecule has 0 spiro atoms. The molecular weight excluding hydrogens is 433 g/mol. The first-order valence-electron chi connectivity index (χ1n) is 10.4.